The molecule has 14 heavy (non-hydrogen) atoms. The van der Waals surface area contributed by atoms with Crippen LogP contribution in [0.25, 0.3) is 0 Å². The molecule has 0 saturated carbocycles. The van der Waals surface area contributed by atoms with Crippen molar-refractivity contribution in [3.05, 3.63) is 0 Å². The fraction of sp³-hybridized carbons (Fsp3) is 1.00. The van der Waals surface area contributed by atoms with Gasteiger partial charge in [-0.1, -0.05) is 33.6 Å². The van der Waals surface area contributed by atoms with Gasteiger partial charge in [-0.15, -0.1) is 0 Å². The molecule has 1 nitrogen and oxygen atoms in total. The molecule has 0 aliphatic heterocycles. The van der Waals surface area contributed by atoms with Crippen LogP contribution in [-0.4, -0.2) is 12.1 Å². The van der Waals surface area contributed by atoms with Crippen molar-refractivity contribution in [2.75, 3.05) is 0 Å². The van der Waals surface area contributed by atoms with Crippen LogP contribution in [0.2, 0.25) is 0 Å². The molecule has 2 atom stereocenters. The van der Waals surface area contributed by atoms with E-state index in [1.54, 1.807) is 0 Å². The molecule has 0 spiro atoms. The standard InChI is InChI=1S/C13H29N/c1-6-7-8-12(4)14-13(5)10-9-11(2)3/h11-14H,6-10H2,1-5H3. The molecule has 0 aliphatic rings. The molecular formula is C13H29N. The second kappa shape index (κ2) is 8.28. The zero-order valence-corrected chi connectivity index (χ0v) is 10.8. The van der Waals surface area contributed by atoms with Crippen molar-refractivity contribution in [3.63, 3.8) is 0 Å². The van der Waals surface area contributed by atoms with Crippen LogP contribution in [0, 0.1) is 5.92 Å². The van der Waals surface area contributed by atoms with Crippen LogP contribution in [0.3, 0.4) is 0 Å². The van der Waals surface area contributed by atoms with Crippen LogP contribution in [0.5, 0.6) is 0 Å². The third kappa shape index (κ3) is 8.55. The maximum atomic E-state index is 3.67. The zero-order valence-electron chi connectivity index (χ0n) is 10.8. The quantitative estimate of drug-likeness (QED) is 0.623. The van der Waals surface area contributed by atoms with Crippen LogP contribution in [0.15, 0.2) is 0 Å². The van der Waals surface area contributed by atoms with Crippen molar-refractivity contribution < 1.29 is 0 Å². The fourth-order valence-corrected chi connectivity index (χ4v) is 1.75. The van der Waals surface area contributed by atoms with Crippen LogP contribution in [0.1, 0.15) is 66.7 Å². The van der Waals surface area contributed by atoms with Gasteiger partial charge in [-0.2, -0.15) is 0 Å². The monoisotopic (exact) mass is 199 g/mol. The number of hydrogen-bond donors (Lipinski definition) is 1. The Bertz CT molecular complexity index is 120. The SMILES string of the molecule is CCCCC(C)NC(C)CCC(C)C. The first kappa shape index (κ1) is 14.0. The molecule has 0 radical (unpaired) electrons. The fourth-order valence-electron chi connectivity index (χ4n) is 1.75. The van der Waals surface area contributed by atoms with E-state index in [9.17, 15) is 0 Å². The Morgan fingerprint density at radius 3 is 1.93 bits per heavy atom. The van der Waals surface area contributed by atoms with E-state index in [0.717, 1.165) is 5.92 Å². The Balaban J connectivity index is 3.44. The lowest BCUT2D eigenvalue weighted by Crippen LogP contribution is -2.34. The largest absolute Gasteiger partial charge is 0.312 e. The molecule has 0 aromatic rings. The summed E-state index contributed by atoms with van der Waals surface area (Å²) >= 11 is 0. The van der Waals surface area contributed by atoms with Crippen molar-refractivity contribution in [1.82, 2.24) is 5.32 Å². The van der Waals surface area contributed by atoms with Crippen molar-refractivity contribution >= 4 is 0 Å². The van der Waals surface area contributed by atoms with Gasteiger partial charge in [0.1, 0.15) is 0 Å². The van der Waals surface area contributed by atoms with Crippen molar-refractivity contribution in [2.24, 2.45) is 5.92 Å². The lowest BCUT2D eigenvalue weighted by molar-refractivity contribution is 0.394. The zero-order chi connectivity index (χ0) is 11.0. The molecule has 1 heteroatoms. The molecule has 2 unspecified atom stereocenters. The van der Waals surface area contributed by atoms with Gasteiger partial charge < -0.3 is 5.32 Å². The number of unbranched alkanes of at least 4 members (excludes halogenated alkanes) is 1. The van der Waals surface area contributed by atoms with E-state index < -0.39 is 0 Å². The maximum absolute atomic E-state index is 3.67. The molecule has 0 heterocycles. The number of rotatable bonds is 8. The highest BCUT2D eigenvalue weighted by molar-refractivity contribution is 4.67. The van der Waals surface area contributed by atoms with E-state index in [1.165, 1.54) is 32.1 Å². The van der Waals surface area contributed by atoms with E-state index in [0.29, 0.717) is 12.1 Å². The average molecular weight is 199 g/mol. The van der Waals surface area contributed by atoms with E-state index in [2.05, 4.69) is 39.9 Å². The van der Waals surface area contributed by atoms with Gasteiger partial charge in [0, 0.05) is 12.1 Å². The number of nitrogens with one attached hydrogen (secondary N) is 1. The summed E-state index contributed by atoms with van der Waals surface area (Å²) in [6.07, 6.45) is 6.64. The summed E-state index contributed by atoms with van der Waals surface area (Å²) in [7, 11) is 0. The minimum atomic E-state index is 0.684. The molecule has 0 amide bonds. The van der Waals surface area contributed by atoms with Crippen LogP contribution in [-0.2, 0) is 0 Å². The molecular weight excluding hydrogens is 170 g/mol. The van der Waals surface area contributed by atoms with E-state index in [1.807, 2.05) is 0 Å². The summed E-state index contributed by atoms with van der Waals surface area (Å²) in [5, 5.41) is 3.67. The predicted molar refractivity (Wildman–Crippen MR) is 65.7 cm³/mol. The van der Waals surface area contributed by atoms with Crippen LogP contribution < -0.4 is 5.32 Å². The van der Waals surface area contributed by atoms with E-state index >= 15 is 0 Å². The van der Waals surface area contributed by atoms with E-state index in [-0.39, 0.29) is 0 Å². The third-order valence-electron chi connectivity index (χ3n) is 2.74. The van der Waals surface area contributed by atoms with Gasteiger partial charge in [-0.05, 0) is 39.0 Å². The van der Waals surface area contributed by atoms with Crippen molar-refractivity contribution in [1.29, 1.82) is 0 Å². The van der Waals surface area contributed by atoms with Crippen LogP contribution in [0.4, 0.5) is 0 Å². The molecule has 0 fully saturated rings. The summed E-state index contributed by atoms with van der Waals surface area (Å²) in [5.74, 6) is 0.838. The second-order valence-corrected chi connectivity index (χ2v) is 5.08. The maximum Gasteiger partial charge on any atom is 0.00413 e. The smallest absolute Gasteiger partial charge is 0.00413 e. The van der Waals surface area contributed by atoms with Gasteiger partial charge >= 0.3 is 0 Å². The highest BCUT2D eigenvalue weighted by atomic mass is 14.9. The Hall–Kier alpha value is -0.0400. The molecule has 1 N–H and O–H groups in total. The van der Waals surface area contributed by atoms with Gasteiger partial charge in [0.05, 0.1) is 0 Å². The molecule has 86 valence electrons. The molecule has 0 aromatic carbocycles. The molecule has 0 rings (SSSR count). The molecule has 0 aliphatic carbocycles. The van der Waals surface area contributed by atoms with Crippen LogP contribution >= 0.6 is 0 Å². The summed E-state index contributed by atoms with van der Waals surface area (Å²) in [5.41, 5.74) is 0. The average Bonchev–Trinajstić information content (AvgIpc) is 2.11. The van der Waals surface area contributed by atoms with E-state index in [4.69, 9.17) is 0 Å². The van der Waals surface area contributed by atoms with Gasteiger partial charge in [-0.25, -0.2) is 0 Å². The second-order valence-electron chi connectivity index (χ2n) is 5.08. The minimum Gasteiger partial charge on any atom is -0.312 e. The first-order valence-corrected chi connectivity index (χ1v) is 6.32. The summed E-state index contributed by atoms with van der Waals surface area (Å²) in [6, 6.07) is 1.38. The molecule has 0 aromatic heterocycles. The minimum absolute atomic E-state index is 0.684. The van der Waals surface area contributed by atoms with Gasteiger partial charge in [-0.3, -0.25) is 0 Å². The summed E-state index contributed by atoms with van der Waals surface area (Å²) < 4.78 is 0. The normalized spacial score (nSPS) is 15.9. The number of hydrogen-bond acceptors (Lipinski definition) is 1. The summed E-state index contributed by atoms with van der Waals surface area (Å²) in [6.45, 7) is 11.5. The Kier molecular flexibility index (Phi) is 8.26. The highest BCUT2D eigenvalue weighted by Crippen LogP contribution is 2.08. The topological polar surface area (TPSA) is 12.0 Å². The lowest BCUT2D eigenvalue weighted by Gasteiger charge is -2.20. The van der Waals surface area contributed by atoms with Gasteiger partial charge in [0.2, 0.25) is 0 Å². The first-order valence-electron chi connectivity index (χ1n) is 6.32. The summed E-state index contributed by atoms with van der Waals surface area (Å²) in [4.78, 5) is 0. The molecule has 0 saturated heterocycles. The lowest BCUT2D eigenvalue weighted by atomic mass is 10.0. The van der Waals surface area contributed by atoms with Gasteiger partial charge in [0.15, 0.2) is 0 Å². The molecule has 0 bridgehead atoms. The predicted octanol–water partition coefficient (Wildman–Crippen LogP) is 3.98. The highest BCUT2D eigenvalue weighted by Gasteiger charge is 2.07. The Labute approximate surface area is 90.7 Å². The van der Waals surface area contributed by atoms with Crippen molar-refractivity contribution in [3.8, 4) is 0 Å². The third-order valence-corrected chi connectivity index (χ3v) is 2.74. The Morgan fingerprint density at radius 1 is 0.857 bits per heavy atom. The van der Waals surface area contributed by atoms with Gasteiger partial charge in [0.25, 0.3) is 0 Å². The van der Waals surface area contributed by atoms with Crippen molar-refractivity contribution in [2.45, 2.75) is 78.8 Å². The Morgan fingerprint density at radius 2 is 1.43 bits per heavy atom. The first-order chi connectivity index (χ1) is 6.56.